The van der Waals surface area contributed by atoms with Crippen molar-refractivity contribution in [2.45, 2.75) is 12.8 Å². The van der Waals surface area contributed by atoms with Crippen LogP contribution in [0.15, 0.2) is 24.5 Å². The van der Waals surface area contributed by atoms with Crippen LogP contribution in [0.25, 0.3) is 0 Å². The molecule has 6 nitrogen and oxygen atoms in total. The molecule has 1 spiro atoms. The topological polar surface area (TPSA) is 65.9 Å². The second-order valence-electron chi connectivity index (χ2n) is 6.26. The molecule has 2 fully saturated rings. The molecule has 1 unspecified atom stereocenters. The zero-order chi connectivity index (χ0) is 15.4. The summed E-state index contributed by atoms with van der Waals surface area (Å²) in [7, 11) is 0. The highest BCUT2D eigenvalue weighted by Crippen LogP contribution is 2.34. The Kier molecular flexibility index (Phi) is 4.59. The molecule has 1 aromatic rings. The summed E-state index contributed by atoms with van der Waals surface area (Å²) in [5.41, 5.74) is 1.04. The third-order valence-corrected chi connectivity index (χ3v) is 4.60. The molecule has 0 saturated carbocycles. The van der Waals surface area contributed by atoms with Gasteiger partial charge in [-0.3, -0.25) is 9.78 Å². The lowest BCUT2D eigenvalue weighted by atomic mass is 9.80. The average molecular weight is 305 g/mol. The normalized spacial score (nSPS) is 26.0. The Morgan fingerprint density at radius 1 is 1.41 bits per heavy atom. The molecule has 6 heteroatoms. The van der Waals surface area contributed by atoms with Crippen molar-refractivity contribution in [3.8, 4) is 0 Å². The van der Waals surface area contributed by atoms with Crippen LogP contribution in [-0.4, -0.2) is 66.9 Å². The number of nitrogens with zero attached hydrogens (tertiary/aromatic N) is 3. The van der Waals surface area contributed by atoms with Gasteiger partial charge in [-0.25, -0.2) is 0 Å². The number of ether oxygens (including phenoxy) is 1. The second kappa shape index (κ2) is 6.62. The molecule has 0 aromatic carbocycles. The van der Waals surface area contributed by atoms with E-state index in [1.54, 1.807) is 11.1 Å². The molecule has 1 atom stereocenters. The molecule has 0 bridgehead atoms. The van der Waals surface area contributed by atoms with E-state index in [0.29, 0.717) is 19.8 Å². The first-order valence-electron chi connectivity index (χ1n) is 7.84. The molecule has 1 aromatic heterocycles. The Bertz CT molecular complexity index is 511. The van der Waals surface area contributed by atoms with Gasteiger partial charge >= 0.3 is 0 Å². The maximum absolute atomic E-state index is 11.8. The summed E-state index contributed by atoms with van der Waals surface area (Å²) in [6, 6.07) is 4.00. The maximum Gasteiger partial charge on any atom is 0.248 e. The highest BCUT2D eigenvalue weighted by molar-refractivity contribution is 5.77. The molecule has 0 radical (unpaired) electrons. The average Bonchev–Trinajstić information content (AvgIpc) is 2.77. The van der Waals surface area contributed by atoms with E-state index in [2.05, 4.69) is 16.0 Å². The van der Waals surface area contributed by atoms with Crippen LogP contribution in [0.4, 0.5) is 5.69 Å². The van der Waals surface area contributed by atoms with Crippen molar-refractivity contribution in [2.24, 2.45) is 5.41 Å². The summed E-state index contributed by atoms with van der Waals surface area (Å²) in [6.07, 6.45) is 5.64. The van der Waals surface area contributed by atoms with E-state index >= 15 is 0 Å². The fourth-order valence-electron chi connectivity index (χ4n) is 3.52. The molecular weight excluding hydrogens is 282 g/mol. The van der Waals surface area contributed by atoms with Crippen LogP contribution >= 0.6 is 0 Å². The van der Waals surface area contributed by atoms with Crippen LogP contribution in [0.5, 0.6) is 0 Å². The number of aromatic nitrogens is 1. The molecule has 1 N–H and O–H groups in total. The summed E-state index contributed by atoms with van der Waals surface area (Å²) in [4.78, 5) is 20.1. The van der Waals surface area contributed by atoms with Gasteiger partial charge in [0.2, 0.25) is 5.91 Å². The Morgan fingerprint density at radius 3 is 3.09 bits per heavy atom. The van der Waals surface area contributed by atoms with Crippen LogP contribution in [0.2, 0.25) is 0 Å². The minimum absolute atomic E-state index is 0.0601. The van der Waals surface area contributed by atoms with Gasteiger partial charge in [0.25, 0.3) is 0 Å². The summed E-state index contributed by atoms with van der Waals surface area (Å²) >= 11 is 0. The number of pyridine rings is 1. The van der Waals surface area contributed by atoms with Crippen molar-refractivity contribution >= 4 is 11.6 Å². The lowest BCUT2D eigenvalue weighted by molar-refractivity contribution is -0.138. The van der Waals surface area contributed by atoms with Crippen LogP contribution in [-0.2, 0) is 9.53 Å². The fourth-order valence-corrected chi connectivity index (χ4v) is 3.52. The molecule has 3 heterocycles. The Morgan fingerprint density at radius 2 is 2.32 bits per heavy atom. The summed E-state index contributed by atoms with van der Waals surface area (Å²) < 4.78 is 5.84. The SMILES string of the molecule is O=C(CO)N1CCCC2(COCCN(c3cccnc3)C2)C1. The number of likely N-dealkylation sites (tertiary alicyclic amines) is 1. The quantitative estimate of drug-likeness (QED) is 0.863. The maximum atomic E-state index is 11.8. The van der Waals surface area contributed by atoms with Gasteiger partial charge in [-0.2, -0.15) is 0 Å². The Balaban J connectivity index is 1.78. The number of piperidine rings is 1. The minimum atomic E-state index is -0.413. The van der Waals surface area contributed by atoms with Crippen molar-refractivity contribution in [2.75, 3.05) is 50.9 Å². The predicted molar refractivity (Wildman–Crippen MR) is 82.6 cm³/mol. The summed E-state index contributed by atoms with van der Waals surface area (Å²) in [5, 5.41) is 9.12. The van der Waals surface area contributed by atoms with Gasteiger partial charge in [-0.15, -0.1) is 0 Å². The van der Waals surface area contributed by atoms with Crippen LogP contribution < -0.4 is 4.90 Å². The molecule has 3 rings (SSSR count). The summed E-state index contributed by atoms with van der Waals surface area (Å²) in [6.45, 7) is 4.01. The first kappa shape index (κ1) is 15.2. The van der Waals surface area contributed by atoms with E-state index in [4.69, 9.17) is 9.84 Å². The largest absolute Gasteiger partial charge is 0.387 e. The zero-order valence-corrected chi connectivity index (χ0v) is 12.8. The molecular formula is C16H23N3O3. The number of carbonyl (C=O) groups is 1. The van der Waals surface area contributed by atoms with Gasteiger partial charge in [-0.1, -0.05) is 0 Å². The second-order valence-corrected chi connectivity index (χ2v) is 6.26. The van der Waals surface area contributed by atoms with E-state index in [1.165, 1.54) is 0 Å². The van der Waals surface area contributed by atoms with E-state index in [-0.39, 0.29) is 11.3 Å². The fraction of sp³-hybridized carbons (Fsp3) is 0.625. The number of amides is 1. The van der Waals surface area contributed by atoms with Crippen molar-refractivity contribution in [3.05, 3.63) is 24.5 Å². The van der Waals surface area contributed by atoms with Gasteiger partial charge in [0.15, 0.2) is 0 Å². The lowest BCUT2D eigenvalue weighted by Crippen LogP contribution is -2.52. The van der Waals surface area contributed by atoms with Gasteiger partial charge in [0, 0.05) is 37.8 Å². The van der Waals surface area contributed by atoms with E-state index < -0.39 is 6.61 Å². The first-order chi connectivity index (χ1) is 10.7. The number of hydrogen-bond acceptors (Lipinski definition) is 5. The highest BCUT2D eigenvalue weighted by atomic mass is 16.5. The molecule has 2 saturated heterocycles. The third kappa shape index (κ3) is 3.23. The van der Waals surface area contributed by atoms with E-state index in [9.17, 15) is 4.79 Å². The van der Waals surface area contributed by atoms with Crippen LogP contribution in [0.1, 0.15) is 12.8 Å². The number of aliphatic hydroxyl groups is 1. The van der Waals surface area contributed by atoms with Crippen molar-refractivity contribution in [1.29, 1.82) is 0 Å². The number of rotatable bonds is 2. The molecule has 120 valence electrons. The van der Waals surface area contributed by atoms with E-state index in [0.717, 1.165) is 38.2 Å². The molecule has 0 aliphatic carbocycles. The monoisotopic (exact) mass is 305 g/mol. The van der Waals surface area contributed by atoms with Gasteiger partial charge in [-0.05, 0) is 25.0 Å². The number of carbonyl (C=O) groups excluding carboxylic acids is 1. The predicted octanol–water partition coefficient (Wildman–Crippen LogP) is 0.519. The molecule has 22 heavy (non-hydrogen) atoms. The molecule has 2 aliphatic rings. The molecule has 2 aliphatic heterocycles. The van der Waals surface area contributed by atoms with Gasteiger partial charge in [0.1, 0.15) is 6.61 Å². The smallest absolute Gasteiger partial charge is 0.248 e. The lowest BCUT2D eigenvalue weighted by Gasteiger charge is -2.43. The van der Waals surface area contributed by atoms with E-state index in [1.807, 2.05) is 12.3 Å². The minimum Gasteiger partial charge on any atom is -0.387 e. The number of hydrogen-bond donors (Lipinski definition) is 1. The highest BCUT2D eigenvalue weighted by Gasteiger charge is 2.40. The third-order valence-electron chi connectivity index (χ3n) is 4.60. The van der Waals surface area contributed by atoms with Crippen molar-refractivity contribution < 1.29 is 14.6 Å². The van der Waals surface area contributed by atoms with Gasteiger partial charge < -0.3 is 19.6 Å². The van der Waals surface area contributed by atoms with Crippen molar-refractivity contribution in [1.82, 2.24) is 9.88 Å². The molecule has 1 amide bonds. The Hall–Kier alpha value is -1.66. The standard InChI is InChI=1S/C16H23N3O3/c20-10-15(21)19-6-2-4-16(12-19)11-18(7-8-22-13-16)14-3-1-5-17-9-14/h1,3,5,9,20H,2,4,6-8,10-13H2. The van der Waals surface area contributed by atoms with Crippen molar-refractivity contribution in [3.63, 3.8) is 0 Å². The van der Waals surface area contributed by atoms with Gasteiger partial charge in [0.05, 0.1) is 25.1 Å². The number of anilines is 1. The number of aliphatic hydroxyl groups excluding tert-OH is 1. The Labute approximate surface area is 130 Å². The van der Waals surface area contributed by atoms with Crippen LogP contribution in [0.3, 0.4) is 0 Å². The zero-order valence-electron chi connectivity index (χ0n) is 12.8. The van der Waals surface area contributed by atoms with Crippen LogP contribution in [0, 0.1) is 5.41 Å². The first-order valence-corrected chi connectivity index (χ1v) is 7.84. The summed E-state index contributed by atoms with van der Waals surface area (Å²) in [5.74, 6) is -0.184.